The molecule has 0 aliphatic carbocycles. The second-order valence-corrected chi connectivity index (χ2v) is 9.35. The van der Waals surface area contributed by atoms with Gasteiger partial charge < -0.3 is 14.0 Å². The average molecular weight is 416 g/mol. The highest BCUT2D eigenvalue weighted by Crippen LogP contribution is 2.55. The zero-order chi connectivity index (χ0) is 21.4. The van der Waals surface area contributed by atoms with Crippen molar-refractivity contribution in [3.05, 3.63) is 17.7 Å². The molecule has 6 nitrogen and oxygen atoms in total. The van der Waals surface area contributed by atoms with Gasteiger partial charge in [-0.05, 0) is 49.3 Å². The molecule has 0 bridgehead atoms. The van der Waals surface area contributed by atoms with Gasteiger partial charge in [0.1, 0.15) is 0 Å². The zero-order valence-electron chi connectivity index (χ0n) is 18.7. The quantitative estimate of drug-likeness (QED) is 0.348. The van der Waals surface area contributed by atoms with Crippen LogP contribution >= 0.6 is 7.82 Å². The highest BCUT2D eigenvalue weighted by Gasteiger charge is 2.32. The van der Waals surface area contributed by atoms with Gasteiger partial charge in [-0.3, -0.25) is 9.05 Å². The molecule has 0 saturated carbocycles. The summed E-state index contributed by atoms with van der Waals surface area (Å²) < 4.78 is 40.1. The predicted octanol–water partition coefficient (Wildman–Crippen LogP) is 6.37. The first-order valence-corrected chi connectivity index (χ1v) is 11.4. The lowest BCUT2D eigenvalue weighted by molar-refractivity contribution is 0.164. The number of benzene rings is 1. The minimum Gasteiger partial charge on any atom is -0.493 e. The number of hydrogen-bond donors (Lipinski definition) is 0. The Morgan fingerprint density at radius 3 is 1.89 bits per heavy atom. The molecule has 0 heterocycles. The third-order valence-electron chi connectivity index (χ3n) is 4.60. The van der Waals surface area contributed by atoms with Gasteiger partial charge in [-0.25, -0.2) is 4.57 Å². The van der Waals surface area contributed by atoms with Gasteiger partial charge in [0.05, 0.1) is 27.4 Å². The molecule has 0 amide bonds. The SMILES string of the molecule is CCOP(=O)(OCC)Oc1c(OC)cc(C(C)(C)CCCC(C)C)cc1OC. The maximum atomic E-state index is 12.8. The van der Waals surface area contributed by atoms with Crippen LogP contribution in [-0.2, 0) is 19.0 Å². The van der Waals surface area contributed by atoms with Crippen LogP contribution in [0.2, 0.25) is 0 Å². The molecule has 1 rings (SSSR count). The molecule has 0 atom stereocenters. The van der Waals surface area contributed by atoms with Crippen molar-refractivity contribution >= 4 is 7.82 Å². The molecule has 0 spiro atoms. The van der Waals surface area contributed by atoms with E-state index in [2.05, 4.69) is 27.7 Å². The van der Waals surface area contributed by atoms with Gasteiger partial charge in [0.2, 0.25) is 5.75 Å². The van der Waals surface area contributed by atoms with E-state index in [0.29, 0.717) is 17.4 Å². The van der Waals surface area contributed by atoms with Crippen LogP contribution in [0.15, 0.2) is 12.1 Å². The molecule has 0 aromatic heterocycles. The molecule has 162 valence electrons. The maximum Gasteiger partial charge on any atom is 0.530 e. The fourth-order valence-corrected chi connectivity index (χ4v) is 4.19. The number of phosphoric acid groups is 1. The Balaban J connectivity index is 3.26. The normalized spacial score (nSPS) is 12.3. The molecule has 7 heteroatoms. The standard InChI is InChI=1S/C21H37O6P/c1-9-25-28(22,26-10-2)27-20-18(23-7)14-17(15-19(20)24-8)21(5,6)13-11-12-16(3)4/h14-16H,9-13H2,1-8H3. The highest BCUT2D eigenvalue weighted by atomic mass is 31.2. The van der Waals surface area contributed by atoms with Crippen LogP contribution in [0, 0.1) is 5.92 Å². The van der Waals surface area contributed by atoms with Gasteiger partial charge >= 0.3 is 7.82 Å². The lowest BCUT2D eigenvalue weighted by Gasteiger charge is -2.28. The Labute approximate surface area is 170 Å². The van der Waals surface area contributed by atoms with Crippen molar-refractivity contribution < 1.29 is 27.6 Å². The monoisotopic (exact) mass is 416 g/mol. The van der Waals surface area contributed by atoms with Crippen LogP contribution in [0.5, 0.6) is 17.2 Å². The first-order chi connectivity index (χ1) is 13.1. The highest BCUT2D eigenvalue weighted by molar-refractivity contribution is 7.48. The zero-order valence-corrected chi connectivity index (χ0v) is 19.6. The molecule has 0 saturated heterocycles. The summed E-state index contributed by atoms with van der Waals surface area (Å²) >= 11 is 0. The van der Waals surface area contributed by atoms with Crippen molar-refractivity contribution in [2.75, 3.05) is 27.4 Å². The smallest absolute Gasteiger partial charge is 0.493 e. The van der Waals surface area contributed by atoms with E-state index in [9.17, 15) is 4.57 Å². The van der Waals surface area contributed by atoms with E-state index in [1.54, 1.807) is 28.1 Å². The van der Waals surface area contributed by atoms with E-state index in [4.69, 9.17) is 23.0 Å². The minimum atomic E-state index is -3.77. The maximum absolute atomic E-state index is 12.8. The van der Waals surface area contributed by atoms with Crippen LogP contribution in [0.25, 0.3) is 0 Å². The van der Waals surface area contributed by atoms with Crippen molar-refractivity contribution in [1.29, 1.82) is 0 Å². The second kappa shape index (κ2) is 11.1. The summed E-state index contributed by atoms with van der Waals surface area (Å²) in [6, 6.07) is 3.82. The molecule has 0 fully saturated rings. The first-order valence-electron chi connectivity index (χ1n) is 9.97. The molecule has 1 aromatic carbocycles. The van der Waals surface area contributed by atoms with Crippen LogP contribution in [0.4, 0.5) is 0 Å². The average Bonchev–Trinajstić information content (AvgIpc) is 2.61. The van der Waals surface area contributed by atoms with Crippen LogP contribution in [0.3, 0.4) is 0 Å². The van der Waals surface area contributed by atoms with E-state index < -0.39 is 7.82 Å². The molecule has 0 aliphatic heterocycles. The summed E-state index contributed by atoms with van der Waals surface area (Å²) in [5, 5.41) is 0. The van der Waals surface area contributed by atoms with Crippen molar-refractivity contribution in [3.8, 4) is 17.2 Å². The van der Waals surface area contributed by atoms with Gasteiger partial charge in [-0.15, -0.1) is 0 Å². The number of ether oxygens (including phenoxy) is 2. The minimum absolute atomic E-state index is 0.0719. The fraction of sp³-hybridized carbons (Fsp3) is 0.714. The first kappa shape index (κ1) is 24.8. The predicted molar refractivity (Wildman–Crippen MR) is 113 cm³/mol. The van der Waals surface area contributed by atoms with Gasteiger partial charge in [0.25, 0.3) is 0 Å². The van der Waals surface area contributed by atoms with E-state index >= 15 is 0 Å². The summed E-state index contributed by atoms with van der Waals surface area (Å²) in [7, 11) is -0.676. The molecule has 0 unspecified atom stereocenters. The molecule has 1 aromatic rings. The summed E-state index contributed by atoms with van der Waals surface area (Å²) in [6.45, 7) is 12.7. The van der Waals surface area contributed by atoms with Crippen molar-refractivity contribution in [2.24, 2.45) is 5.92 Å². The lowest BCUT2D eigenvalue weighted by atomic mass is 9.79. The summed E-state index contributed by atoms with van der Waals surface area (Å²) in [4.78, 5) is 0. The van der Waals surface area contributed by atoms with E-state index in [0.717, 1.165) is 18.4 Å². The molecule has 28 heavy (non-hydrogen) atoms. The molecular weight excluding hydrogens is 379 g/mol. The largest absolute Gasteiger partial charge is 0.530 e. The Kier molecular flexibility index (Phi) is 9.82. The lowest BCUT2D eigenvalue weighted by Crippen LogP contribution is -2.18. The van der Waals surface area contributed by atoms with Gasteiger partial charge in [-0.1, -0.05) is 40.5 Å². The molecule has 0 radical (unpaired) electrons. The molecule has 0 N–H and O–H groups in total. The topological polar surface area (TPSA) is 63.2 Å². The van der Waals surface area contributed by atoms with Gasteiger partial charge in [0, 0.05) is 0 Å². The summed E-state index contributed by atoms with van der Waals surface area (Å²) in [6.07, 6.45) is 3.36. The Morgan fingerprint density at radius 2 is 1.50 bits per heavy atom. The van der Waals surface area contributed by atoms with E-state index in [1.165, 1.54) is 6.42 Å². The molecule has 0 aliphatic rings. The van der Waals surface area contributed by atoms with Crippen molar-refractivity contribution in [2.45, 2.75) is 66.2 Å². The van der Waals surface area contributed by atoms with Gasteiger partial charge in [-0.2, -0.15) is 0 Å². The summed E-state index contributed by atoms with van der Waals surface area (Å²) in [5.41, 5.74) is 0.997. The number of rotatable bonds is 13. The van der Waals surface area contributed by atoms with Crippen molar-refractivity contribution in [3.63, 3.8) is 0 Å². The van der Waals surface area contributed by atoms with E-state index in [-0.39, 0.29) is 24.4 Å². The Hall–Kier alpha value is -1.23. The fourth-order valence-electron chi connectivity index (χ4n) is 2.98. The number of hydrogen-bond acceptors (Lipinski definition) is 6. The van der Waals surface area contributed by atoms with Crippen LogP contribution < -0.4 is 14.0 Å². The third kappa shape index (κ3) is 6.98. The van der Waals surface area contributed by atoms with Gasteiger partial charge in [0.15, 0.2) is 11.5 Å². The number of phosphoric ester groups is 1. The summed E-state index contributed by atoms with van der Waals surface area (Å²) in [5.74, 6) is 1.77. The van der Waals surface area contributed by atoms with E-state index in [1.807, 2.05) is 12.1 Å². The Bertz CT molecular complexity index is 621. The van der Waals surface area contributed by atoms with Crippen molar-refractivity contribution in [1.82, 2.24) is 0 Å². The van der Waals surface area contributed by atoms with Crippen LogP contribution in [-0.4, -0.2) is 27.4 Å². The molecular formula is C21H37O6P. The Morgan fingerprint density at radius 1 is 1.00 bits per heavy atom. The second-order valence-electron chi connectivity index (χ2n) is 7.75. The van der Waals surface area contributed by atoms with Crippen LogP contribution in [0.1, 0.15) is 66.4 Å². The number of methoxy groups -OCH3 is 2. The third-order valence-corrected chi connectivity index (χ3v) is 6.16.